The Morgan fingerprint density at radius 2 is 0.657 bits per heavy atom. The van der Waals surface area contributed by atoms with E-state index in [1.54, 1.807) is 24.8 Å². The number of aldehydes is 2. The Balaban J connectivity index is 0.000000447. The molecule has 0 amide bonds. The Morgan fingerprint density at radius 1 is 0.418 bits per heavy atom. The SMILES string of the molecule is CC(=O)c1cn(C)c(C(C)C)c(C(C)C)c1=O.CC(C)c1c(C(C)C)n(C)cc(C=O)c1=O.CC(C)c1c(C(C)C)n(C)cc(C=O)c1=O.COC(=O)c1cn(C)c(C(C)C)c(C(C)C)c1=O. The fourth-order valence-corrected chi connectivity index (χ4v) is 8.92. The highest BCUT2D eigenvalue weighted by molar-refractivity contribution is 5.94. The highest BCUT2D eigenvalue weighted by atomic mass is 16.5. The van der Waals surface area contributed by atoms with Gasteiger partial charge in [0.05, 0.1) is 23.8 Å². The first-order valence-corrected chi connectivity index (χ1v) is 23.3. The zero-order chi connectivity index (χ0) is 52.3. The van der Waals surface area contributed by atoms with E-state index in [1.807, 2.05) is 116 Å². The molecule has 4 aromatic heterocycles. The summed E-state index contributed by atoms with van der Waals surface area (Å²) in [7, 11) is 8.80. The van der Waals surface area contributed by atoms with Gasteiger partial charge in [-0.15, -0.1) is 0 Å². The maximum absolute atomic E-state index is 12.4. The molecule has 4 heterocycles. The van der Waals surface area contributed by atoms with Gasteiger partial charge in [0.25, 0.3) is 0 Å². The topological polar surface area (TPSA) is 166 Å². The minimum Gasteiger partial charge on any atom is -0.465 e. The molecule has 13 heteroatoms. The number of rotatable bonds is 12. The van der Waals surface area contributed by atoms with Gasteiger partial charge in [-0.3, -0.25) is 33.6 Å². The van der Waals surface area contributed by atoms with Crippen molar-refractivity contribution in [2.24, 2.45) is 28.2 Å². The molecule has 0 aliphatic rings. The van der Waals surface area contributed by atoms with Crippen LogP contribution in [0.15, 0.2) is 44.0 Å². The van der Waals surface area contributed by atoms with Crippen LogP contribution in [0.2, 0.25) is 0 Å². The van der Waals surface area contributed by atoms with Crippen molar-refractivity contribution >= 4 is 24.3 Å². The number of aryl methyl sites for hydroxylation is 4. The maximum atomic E-state index is 12.4. The summed E-state index contributed by atoms with van der Waals surface area (Å²) in [4.78, 5) is 93.5. The number of methoxy groups -OCH3 is 1. The van der Waals surface area contributed by atoms with E-state index in [9.17, 15) is 38.4 Å². The number of hydrogen-bond acceptors (Lipinski definition) is 9. The van der Waals surface area contributed by atoms with Crippen LogP contribution in [-0.2, 0) is 32.9 Å². The third-order valence-corrected chi connectivity index (χ3v) is 11.5. The number of pyridine rings is 4. The molecule has 4 rings (SSSR count). The smallest absolute Gasteiger partial charge is 0.343 e. The summed E-state index contributed by atoms with van der Waals surface area (Å²) in [5.41, 5.74) is 7.38. The number of aromatic nitrogens is 4. The summed E-state index contributed by atoms with van der Waals surface area (Å²) >= 11 is 0. The van der Waals surface area contributed by atoms with Crippen molar-refractivity contribution in [3.8, 4) is 0 Å². The largest absolute Gasteiger partial charge is 0.465 e. The summed E-state index contributed by atoms with van der Waals surface area (Å²) in [5, 5.41) is 0. The van der Waals surface area contributed by atoms with Crippen molar-refractivity contribution in [2.75, 3.05) is 7.11 Å². The molecule has 13 nitrogen and oxygen atoms in total. The van der Waals surface area contributed by atoms with E-state index < -0.39 is 5.97 Å². The molecule has 0 saturated heterocycles. The van der Waals surface area contributed by atoms with Gasteiger partial charge in [0.15, 0.2) is 40.1 Å². The highest BCUT2D eigenvalue weighted by Crippen LogP contribution is 2.26. The number of ether oxygens (including phenoxy) is 1. The van der Waals surface area contributed by atoms with Gasteiger partial charge in [0.1, 0.15) is 5.56 Å². The molecule has 4 aromatic rings. The normalized spacial score (nSPS) is 11.2. The summed E-state index contributed by atoms with van der Waals surface area (Å²) in [6.07, 6.45) is 7.74. The van der Waals surface area contributed by atoms with Gasteiger partial charge in [0.2, 0.25) is 0 Å². The predicted octanol–water partition coefficient (Wildman–Crippen LogP) is 10.1. The van der Waals surface area contributed by atoms with Crippen LogP contribution in [0.3, 0.4) is 0 Å². The zero-order valence-electron chi connectivity index (χ0n) is 44.5. The summed E-state index contributed by atoms with van der Waals surface area (Å²) in [6, 6.07) is 0. The molecule has 0 N–H and O–H groups in total. The second-order valence-electron chi connectivity index (χ2n) is 19.7. The number of hydrogen-bond donors (Lipinski definition) is 0. The van der Waals surface area contributed by atoms with Gasteiger partial charge in [-0.1, -0.05) is 111 Å². The number of carbonyl (C=O) groups excluding carboxylic acids is 4. The molecule has 0 spiro atoms. The first kappa shape index (κ1) is 59.3. The molecular weight excluding hydrogens is 849 g/mol. The van der Waals surface area contributed by atoms with Gasteiger partial charge in [-0.25, -0.2) is 4.79 Å². The fraction of sp³-hybridized carbons (Fsp3) is 0.556. The average Bonchev–Trinajstić information content (AvgIpc) is 3.22. The van der Waals surface area contributed by atoms with Crippen molar-refractivity contribution in [3.63, 3.8) is 0 Å². The van der Waals surface area contributed by atoms with E-state index in [1.165, 1.54) is 14.0 Å². The van der Waals surface area contributed by atoms with Crippen LogP contribution in [0.25, 0.3) is 0 Å². The van der Waals surface area contributed by atoms with Crippen LogP contribution < -0.4 is 21.7 Å². The molecular formula is C54H80N4O9. The minimum atomic E-state index is -0.576. The van der Waals surface area contributed by atoms with E-state index in [-0.39, 0.29) is 91.5 Å². The Kier molecular flexibility index (Phi) is 22.5. The lowest BCUT2D eigenvalue weighted by atomic mass is 9.92. The molecule has 0 fully saturated rings. The monoisotopic (exact) mass is 929 g/mol. The highest BCUT2D eigenvalue weighted by Gasteiger charge is 2.24. The first-order valence-electron chi connectivity index (χ1n) is 23.3. The Hall–Kier alpha value is -5.72. The second-order valence-corrected chi connectivity index (χ2v) is 19.7. The van der Waals surface area contributed by atoms with Crippen LogP contribution in [0.4, 0.5) is 0 Å². The van der Waals surface area contributed by atoms with E-state index in [4.69, 9.17) is 0 Å². The lowest BCUT2D eigenvalue weighted by Gasteiger charge is -2.20. The second kappa shape index (κ2) is 25.4. The molecule has 0 aliphatic heterocycles. The van der Waals surface area contributed by atoms with Crippen LogP contribution in [0.5, 0.6) is 0 Å². The van der Waals surface area contributed by atoms with Gasteiger partial charge in [-0.2, -0.15) is 0 Å². The van der Waals surface area contributed by atoms with Crippen LogP contribution in [0.1, 0.15) is 252 Å². The zero-order valence-corrected chi connectivity index (χ0v) is 44.5. The van der Waals surface area contributed by atoms with Crippen molar-refractivity contribution < 1.29 is 23.9 Å². The molecule has 0 unspecified atom stereocenters. The molecule has 0 aromatic carbocycles. The number of Topliss-reactive ketones (excluding diaryl/α,β-unsaturated/α-hetero) is 1. The lowest BCUT2D eigenvalue weighted by molar-refractivity contribution is 0.0597. The molecule has 0 aliphatic carbocycles. The molecule has 0 bridgehead atoms. The molecule has 0 atom stereocenters. The van der Waals surface area contributed by atoms with E-state index in [2.05, 4.69) is 46.3 Å². The van der Waals surface area contributed by atoms with Crippen molar-refractivity contribution in [1.82, 2.24) is 18.3 Å². The molecule has 0 saturated carbocycles. The number of ketones is 1. The Labute approximate surface area is 398 Å². The number of nitrogens with zero attached hydrogens (tertiary/aromatic N) is 4. The standard InChI is InChI=1S/C14H21NO3.C14H21NO2.2C13H19NO2/c1-8(2)11-12(9(3)4)15(5)7-10(13(11)16)14(17)18-6;1-8(2)12-13(9(3)4)15(6)7-11(10(5)16)14(12)17;2*1-8(2)11-12(9(3)4)14(5)6-10(7-15)13(11)16/h7-9H,1-6H3;7-9H,1-6H3;2*6-9H,1-5H3. The van der Waals surface area contributed by atoms with Gasteiger partial charge < -0.3 is 23.0 Å². The number of esters is 1. The van der Waals surface area contributed by atoms with E-state index in [0.29, 0.717) is 23.7 Å². The van der Waals surface area contributed by atoms with Crippen LogP contribution in [0, 0.1) is 0 Å². The fourth-order valence-electron chi connectivity index (χ4n) is 8.92. The van der Waals surface area contributed by atoms with Crippen molar-refractivity contribution in [3.05, 3.63) is 133 Å². The predicted molar refractivity (Wildman–Crippen MR) is 272 cm³/mol. The number of carbonyl (C=O) groups is 4. The summed E-state index contributed by atoms with van der Waals surface area (Å²) in [5.74, 6) is 0.781. The van der Waals surface area contributed by atoms with Crippen LogP contribution in [-0.4, -0.2) is 49.7 Å². The third-order valence-electron chi connectivity index (χ3n) is 11.5. The lowest BCUT2D eigenvalue weighted by Crippen LogP contribution is -2.26. The summed E-state index contributed by atoms with van der Waals surface area (Å²) < 4.78 is 12.2. The van der Waals surface area contributed by atoms with Crippen molar-refractivity contribution in [2.45, 2.75) is 165 Å². The summed E-state index contributed by atoms with van der Waals surface area (Å²) in [6.45, 7) is 33.7. The van der Waals surface area contributed by atoms with Crippen LogP contribution >= 0.6 is 0 Å². The Morgan fingerprint density at radius 3 is 0.881 bits per heavy atom. The van der Waals surface area contributed by atoms with Gasteiger partial charge in [-0.05, 0) is 54.3 Å². The van der Waals surface area contributed by atoms with E-state index >= 15 is 0 Å². The van der Waals surface area contributed by atoms with E-state index in [0.717, 1.165) is 39.5 Å². The average molecular weight is 929 g/mol. The molecule has 370 valence electrons. The minimum absolute atomic E-state index is 0.0747. The first-order chi connectivity index (χ1) is 30.9. The Bertz CT molecular complexity index is 2560. The van der Waals surface area contributed by atoms with Gasteiger partial charge in [0, 0.05) is 98.0 Å². The molecule has 0 radical (unpaired) electrons. The quantitative estimate of drug-likeness (QED) is 0.0764. The third kappa shape index (κ3) is 14.2. The molecule has 67 heavy (non-hydrogen) atoms. The maximum Gasteiger partial charge on any atom is 0.343 e. The van der Waals surface area contributed by atoms with Crippen molar-refractivity contribution in [1.29, 1.82) is 0 Å². The van der Waals surface area contributed by atoms with Gasteiger partial charge >= 0.3 is 5.97 Å².